The van der Waals surface area contributed by atoms with Crippen LogP contribution < -0.4 is 5.63 Å². The lowest BCUT2D eigenvalue weighted by atomic mass is 10.0. The van der Waals surface area contributed by atoms with Crippen molar-refractivity contribution in [1.29, 1.82) is 0 Å². The van der Waals surface area contributed by atoms with Crippen molar-refractivity contribution in [1.82, 2.24) is 5.06 Å². The van der Waals surface area contributed by atoms with Crippen LogP contribution in [0.4, 0.5) is 8.78 Å². The Hall–Kier alpha value is -2.97. The number of nitrogens with zero attached hydrogens (tertiary/aromatic N) is 1. The maximum Gasteiger partial charge on any atom is 0.340 e. The van der Waals surface area contributed by atoms with Crippen LogP contribution in [0.15, 0.2) is 15.3 Å². The number of hydroxylamine groups is 2. The minimum atomic E-state index is -1.40. The van der Waals surface area contributed by atoms with Gasteiger partial charge in [0.15, 0.2) is 17.1 Å². The second kappa shape index (κ2) is 6.15. The van der Waals surface area contributed by atoms with Gasteiger partial charge in [-0.2, -0.15) is 9.45 Å². The summed E-state index contributed by atoms with van der Waals surface area (Å²) in [6, 6.07) is 0.810. The van der Waals surface area contributed by atoms with Crippen LogP contribution in [0.25, 0.3) is 11.0 Å². The van der Waals surface area contributed by atoms with E-state index < -0.39 is 41.0 Å². The second-order valence-electron chi connectivity index (χ2n) is 5.63. The van der Waals surface area contributed by atoms with Crippen LogP contribution in [-0.2, 0) is 20.8 Å². The van der Waals surface area contributed by atoms with Gasteiger partial charge in [0.25, 0.3) is 5.91 Å². The molecule has 1 N–H and O–H groups in total. The molecule has 0 saturated carbocycles. The minimum absolute atomic E-state index is 0.0903. The van der Waals surface area contributed by atoms with E-state index in [-0.39, 0.29) is 35.4 Å². The molecule has 3 rings (SSSR count). The third-order valence-electron chi connectivity index (χ3n) is 4.01. The molecule has 2 heterocycles. The molecular weight excluding hydrogens is 340 g/mol. The molecule has 0 atom stereocenters. The number of amides is 1. The number of aryl methyl sites for hydroxylation is 1. The van der Waals surface area contributed by atoms with Crippen molar-refractivity contribution in [3.8, 4) is 5.75 Å². The molecule has 0 unspecified atom stereocenters. The predicted octanol–water partition coefficient (Wildman–Crippen LogP) is 1.71. The fourth-order valence-corrected chi connectivity index (χ4v) is 2.66. The number of halogens is 2. The summed E-state index contributed by atoms with van der Waals surface area (Å²) in [5.74, 6) is -5.08. The largest absolute Gasteiger partial charge is 0.503 e. The van der Waals surface area contributed by atoms with Gasteiger partial charge in [-0.05, 0) is 25.0 Å². The first-order valence-corrected chi connectivity index (χ1v) is 7.44. The highest BCUT2D eigenvalue weighted by atomic mass is 19.1. The fraction of sp³-hybridized carbons (Fsp3) is 0.312. The van der Waals surface area contributed by atoms with Crippen molar-refractivity contribution < 1.29 is 32.7 Å². The highest BCUT2D eigenvalue weighted by molar-refractivity contribution is 5.85. The minimum Gasteiger partial charge on any atom is -0.503 e. The molecular formula is C16H13F2NO6. The van der Waals surface area contributed by atoms with Crippen LogP contribution in [0.5, 0.6) is 5.75 Å². The first-order valence-electron chi connectivity index (χ1n) is 7.44. The molecule has 1 aliphatic heterocycles. The zero-order chi connectivity index (χ0) is 18.3. The highest BCUT2D eigenvalue weighted by Crippen LogP contribution is 2.30. The molecule has 1 saturated heterocycles. The van der Waals surface area contributed by atoms with Crippen molar-refractivity contribution in [2.75, 3.05) is 6.54 Å². The number of carbonyl (C=O) groups excluding carboxylic acids is 2. The second-order valence-corrected chi connectivity index (χ2v) is 5.63. The molecule has 1 fully saturated rings. The number of phenols is 1. The average Bonchev–Trinajstić information content (AvgIpc) is 2.96. The van der Waals surface area contributed by atoms with E-state index in [2.05, 4.69) is 0 Å². The molecule has 0 aliphatic carbocycles. The van der Waals surface area contributed by atoms with Crippen LogP contribution in [0.3, 0.4) is 0 Å². The van der Waals surface area contributed by atoms with Crippen molar-refractivity contribution in [3.63, 3.8) is 0 Å². The van der Waals surface area contributed by atoms with Gasteiger partial charge in [0.1, 0.15) is 0 Å². The Balaban J connectivity index is 1.96. The third-order valence-corrected chi connectivity index (χ3v) is 4.01. The number of fused-ring (bicyclic) bond motifs is 1. The molecule has 1 amide bonds. The maximum absolute atomic E-state index is 13.9. The zero-order valence-corrected chi connectivity index (χ0v) is 13.1. The third kappa shape index (κ3) is 2.92. The van der Waals surface area contributed by atoms with Gasteiger partial charge < -0.3 is 14.4 Å². The molecule has 1 aromatic carbocycles. The number of aromatic hydroxyl groups is 1. The average molecular weight is 353 g/mol. The molecule has 0 bridgehead atoms. The summed E-state index contributed by atoms with van der Waals surface area (Å²) in [5.41, 5.74) is -1.64. The number of benzene rings is 1. The summed E-state index contributed by atoms with van der Waals surface area (Å²) in [5, 5.41) is 10.1. The number of hydrogen-bond donors (Lipinski definition) is 1. The van der Waals surface area contributed by atoms with Gasteiger partial charge in [0, 0.05) is 11.8 Å². The van der Waals surface area contributed by atoms with Gasteiger partial charge in [-0.1, -0.05) is 0 Å². The number of phenolic OH excluding ortho intramolecular Hbond substituents is 1. The van der Waals surface area contributed by atoms with Crippen molar-refractivity contribution in [2.45, 2.75) is 26.2 Å². The van der Waals surface area contributed by atoms with E-state index in [9.17, 15) is 28.3 Å². The molecule has 0 spiro atoms. The first-order chi connectivity index (χ1) is 11.8. The molecule has 1 aliphatic rings. The quantitative estimate of drug-likeness (QED) is 0.844. The van der Waals surface area contributed by atoms with Gasteiger partial charge in [0.05, 0.1) is 18.5 Å². The van der Waals surface area contributed by atoms with E-state index in [0.717, 1.165) is 11.1 Å². The van der Waals surface area contributed by atoms with Crippen molar-refractivity contribution >= 4 is 22.8 Å². The number of carbonyl (C=O) groups is 2. The van der Waals surface area contributed by atoms with Gasteiger partial charge in [-0.3, -0.25) is 4.79 Å². The molecule has 9 heteroatoms. The van der Waals surface area contributed by atoms with E-state index >= 15 is 0 Å². The van der Waals surface area contributed by atoms with E-state index in [1.165, 1.54) is 6.92 Å². The molecule has 1 aromatic heterocycles. The summed E-state index contributed by atoms with van der Waals surface area (Å²) in [6.07, 6.45) is 0.301. The SMILES string of the molecule is Cc1c(CC(=O)ON2CCCC2=O)c(=O)oc2c(F)c(O)c(F)cc12. The smallest absolute Gasteiger partial charge is 0.340 e. The van der Waals surface area contributed by atoms with Crippen molar-refractivity contribution in [2.24, 2.45) is 0 Å². The summed E-state index contributed by atoms with van der Waals surface area (Å²) < 4.78 is 32.2. The van der Waals surface area contributed by atoms with E-state index in [4.69, 9.17) is 9.25 Å². The number of rotatable bonds is 3. The molecule has 7 nitrogen and oxygen atoms in total. The van der Waals surface area contributed by atoms with E-state index in [1.807, 2.05) is 0 Å². The van der Waals surface area contributed by atoms with Gasteiger partial charge in [-0.15, -0.1) is 0 Å². The summed E-state index contributed by atoms with van der Waals surface area (Å²) >= 11 is 0. The van der Waals surface area contributed by atoms with Crippen LogP contribution >= 0.6 is 0 Å². The van der Waals surface area contributed by atoms with E-state index in [1.54, 1.807) is 0 Å². The highest BCUT2D eigenvalue weighted by Gasteiger charge is 2.26. The monoisotopic (exact) mass is 353 g/mol. The predicted molar refractivity (Wildman–Crippen MR) is 79.5 cm³/mol. The topological polar surface area (TPSA) is 97.0 Å². The molecule has 2 aromatic rings. The van der Waals surface area contributed by atoms with E-state index in [0.29, 0.717) is 6.42 Å². The molecule has 25 heavy (non-hydrogen) atoms. The summed E-state index contributed by atoms with van der Waals surface area (Å²) in [4.78, 5) is 40.3. The Morgan fingerprint density at radius 1 is 1.40 bits per heavy atom. The van der Waals surface area contributed by atoms with Crippen LogP contribution in [0.1, 0.15) is 24.0 Å². The number of hydrogen-bond acceptors (Lipinski definition) is 6. The lowest BCUT2D eigenvalue weighted by Crippen LogP contribution is -2.30. The Labute approximate surface area is 139 Å². The Morgan fingerprint density at radius 3 is 2.76 bits per heavy atom. The molecule has 0 radical (unpaired) electrons. The fourth-order valence-electron chi connectivity index (χ4n) is 2.66. The lowest BCUT2D eigenvalue weighted by Gasteiger charge is -2.15. The maximum atomic E-state index is 13.9. The lowest BCUT2D eigenvalue weighted by molar-refractivity contribution is -0.192. The van der Waals surface area contributed by atoms with Gasteiger partial charge in [-0.25, -0.2) is 14.0 Å². The summed E-state index contributed by atoms with van der Waals surface area (Å²) in [6.45, 7) is 1.66. The summed E-state index contributed by atoms with van der Waals surface area (Å²) in [7, 11) is 0. The Morgan fingerprint density at radius 2 is 2.12 bits per heavy atom. The van der Waals surface area contributed by atoms with Crippen LogP contribution in [0, 0.1) is 18.6 Å². The Kier molecular flexibility index (Phi) is 4.15. The normalized spacial score (nSPS) is 14.4. The van der Waals surface area contributed by atoms with Crippen LogP contribution in [-0.4, -0.2) is 28.6 Å². The van der Waals surface area contributed by atoms with Gasteiger partial charge >= 0.3 is 11.6 Å². The van der Waals surface area contributed by atoms with Crippen LogP contribution in [0.2, 0.25) is 0 Å². The van der Waals surface area contributed by atoms with Crippen molar-refractivity contribution in [3.05, 3.63) is 39.2 Å². The standard InChI is InChI=1S/C16H13F2NO6/c1-7-8-5-10(17)14(22)13(18)15(8)24-16(23)9(7)6-12(21)25-19-4-2-3-11(19)20/h5,22H,2-4,6H2,1H3. The van der Waals surface area contributed by atoms with Gasteiger partial charge in [0.2, 0.25) is 5.82 Å². The zero-order valence-electron chi connectivity index (χ0n) is 13.1. The molecule has 132 valence electrons. The Bertz CT molecular complexity index is 952. The first kappa shape index (κ1) is 16.9.